The highest BCUT2D eigenvalue weighted by atomic mass is 16.5. The number of carbonyl (C=O) groups excluding carboxylic acids is 2. The fraction of sp³-hybridized carbons (Fsp3) is 0.0500. The van der Waals surface area contributed by atoms with Gasteiger partial charge in [0.1, 0.15) is 5.75 Å². The Labute approximate surface area is 144 Å². The van der Waals surface area contributed by atoms with E-state index >= 15 is 0 Å². The van der Waals surface area contributed by atoms with Crippen molar-refractivity contribution >= 4 is 28.1 Å². The zero-order valence-electron chi connectivity index (χ0n) is 13.5. The molecule has 1 N–H and O–H groups in total. The van der Waals surface area contributed by atoms with Crippen LogP contribution in [0.15, 0.2) is 71.9 Å². The van der Waals surface area contributed by atoms with Crippen LogP contribution in [0.2, 0.25) is 0 Å². The number of methoxy groups -OCH3 is 1. The Morgan fingerprint density at radius 3 is 2.12 bits per heavy atom. The maximum Gasteiger partial charge on any atom is 0.219 e. The van der Waals surface area contributed by atoms with Crippen molar-refractivity contribution in [1.29, 1.82) is 0 Å². The van der Waals surface area contributed by atoms with Gasteiger partial charge in [0.25, 0.3) is 0 Å². The van der Waals surface area contributed by atoms with Crippen LogP contribution in [0, 0.1) is 0 Å². The minimum Gasteiger partial charge on any atom is -0.496 e. The van der Waals surface area contributed by atoms with Gasteiger partial charge in [0, 0.05) is 16.5 Å². The first-order valence-electron chi connectivity index (χ1n) is 7.59. The van der Waals surface area contributed by atoms with Crippen molar-refractivity contribution in [3.8, 4) is 5.75 Å². The fourth-order valence-electron chi connectivity index (χ4n) is 2.70. The van der Waals surface area contributed by atoms with E-state index in [1.54, 1.807) is 61.7 Å². The molecule has 0 aliphatic rings. The van der Waals surface area contributed by atoms with E-state index < -0.39 is 17.3 Å². The number of ether oxygens (including phenoxy) is 1. The van der Waals surface area contributed by atoms with E-state index in [-0.39, 0.29) is 11.1 Å². The van der Waals surface area contributed by atoms with Gasteiger partial charge in [0.05, 0.1) is 7.11 Å². The molecule has 5 heteroatoms. The summed E-state index contributed by atoms with van der Waals surface area (Å²) in [5.41, 5.74) is 0.0245. The number of carbonyl (C=O) groups is 2. The quantitative estimate of drug-likeness (QED) is 0.254. The Morgan fingerprint density at radius 1 is 0.840 bits per heavy atom. The average Bonchev–Trinajstić information content (AvgIpc) is 2.68. The molecule has 3 aromatic rings. The molecule has 0 aromatic heterocycles. The molecule has 3 aromatic carbocycles. The third-order valence-corrected chi connectivity index (χ3v) is 3.91. The summed E-state index contributed by atoms with van der Waals surface area (Å²) in [6.07, 6.45) is 0. The van der Waals surface area contributed by atoms with E-state index in [9.17, 15) is 14.8 Å². The van der Waals surface area contributed by atoms with E-state index in [1.807, 2.05) is 12.1 Å². The summed E-state index contributed by atoms with van der Waals surface area (Å²) in [6, 6.07) is 18.6. The Hall–Kier alpha value is -3.47. The Balaban J connectivity index is 2.09. The van der Waals surface area contributed by atoms with Crippen LogP contribution < -0.4 is 4.74 Å². The highest BCUT2D eigenvalue weighted by Gasteiger charge is 2.25. The number of ketones is 2. The minimum absolute atomic E-state index is 0.272. The van der Waals surface area contributed by atoms with Crippen molar-refractivity contribution in [3.05, 3.63) is 77.9 Å². The minimum atomic E-state index is -0.643. The molecule has 0 spiro atoms. The normalized spacial score (nSPS) is 11.3. The average molecular weight is 333 g/mol. The van der Waals surface area contributed by atoms with Crippen LogP contribution in [0.25, 0.3) is 10.8 Å². The van der Waals surface area contributed by atoms with Crippen molar-refractivity contribution in [1.82, 2.24) is 0 Å². The van der Waals surface area contributed by atoms with Gasteiger partial charge in [-0.2, -0.15) is 0 Å². The number of fused-ring (bicyclic) bond motifs is 1. The summed E-state index contributed by atoms with van der Waals surface area (Å²) in [7, 11) is 1.54. The summed E-state index contributed by atoms with van der Waals surface area (Å²) in [5.74, 6) is -0.660. The summed E-state index contributed by atoms with van der Waals surface area (Å²) >= 11 is 0. The van der Waals surface area contributed by atoms with Crippen LogP contribution in [0.5, 0.6) is 5.75 Å². The van der Waals surface area contributed by atoms with Gasteiger partial charge in [-0.25, -0.2) is 0 Å². The number of oxime groups is 1. The number of benzene rings is 3. The lowest BCUT2D eigenvalue weighted by Gasteiger charge is -2.10. The predicted octanol–water partition coefficient (Wildman–Crippen LogP) is 3.74. The molecule has 0 fully saturated rings. The highest BCUT2D eigenvalue weighted by Crippen LogP contribution is 2.29. The first-order chi connectivity index (χ1) is 12.2. The molecule has 0 saturated heterocycles. The van der Waals surface area contributed by atoms with Gasteiger partial charge in [0.2, 0.25) is 11.6 Å². The number of nitrogens with zero attached hydrogens (tertiary/aromatic N) is 1. The summed E-state index contributed by atoms with van der Waals surface area (Å²) < 4.78 is 5.31. The number of rotatable bonds is 5. The van der Waals surface area contributed by atoms with Crippen LogP contribution >= 0.6 is 0 Å². The van der Waals surface area contributed by atoms with Gasteiger partial charge in [-0.15, -0.1) is 0 Å². The summed E-state index contributed by atoms with van der Waals surface area (Å²) in [4.78, 5) is 25.4. The molecule has 25 heavy (non-hydrogen) atoms. The van der Waals surface area contributed by atoms with Crippen molar-refractivity contribution in [2.45, 2.75) is 0 Å². The summed E-state index contributed by atoms with van der Waals surface area (Å²) in [5, 5.41) is 13.6. The first-order valence-corrected chi connectivity index (χ1v) is 7.59. The van der Waals surface area contributed by atoms with Crippen molar-refractivity contribution in [2.24, 2.45) is 5.16 Å². The van der Waals surface area contributed by atoms with Crippen molar-refractivity contribution in [2.75, 3.05) is 7.11 Å². The van der Waals surface area contributed by atoms with Crippen LogP contribution in [0.3, 0.4) is 0 Å². The molecule has 0 saturated carbocycles. The molecule has 5 nitrogen and oxygen atoms in total. The van der Waals surface area contributed by atoms with Gasteiger partial charge in [-0.05, 0) is 17.5 Å². The first kappa shape index (κ1) is 16.4. The maximum absolute atomic E-state index is 12.9. The topological polar surface area (TPSA) is 76.0 Å². The molecule has 0 heterocycles. The van der Waals surface area contributed by atoms with Crippen LogP contribution in [0.4, 0.5) is 0 Å². The van der Waals surface area contributed by atoms with E-state index in [1.165, 1.54) is 0 Å². The molecule has 0 amide bonds. The molecule has 3 rings (SSSR count). The number of Topliss-reactive ketones (excluding diaryl/α,β-unsaturated/α-hetero) is 2. The Kier molecular flexibility index (Phi) is 4.57. The van der Waals surface area contributed by atoms with Crippen LogP contribution in [-0.2, 0) is 0 Å². The number of hydrogen-bond donors (Lipinski definition) is 1. The third kappa shape index (κ3) is 2.99. The van der Waals surface area contributed by atoms with E-state index in [0.717, 1.165) is 5.39 Å². The Bertz CT molecular complexity index is 977. The lowest BCUT2D eigenvalue weighted by atomic mass is 9.95. The second-order valence-electron chi connectivity index (χ2n) is 5.33. The molecule has 0 aliphatic heterocycles. The predicted molar refractivity (Wildman–Crippen MR) is 94.8 cm³/mol. The van der Waals surface area contributed by atoms with Gasteiger partial charge in [-0.1, -0.05) is 59.8 Å². The smallest absolute Gasteiger partial charge is 0.219 e. The lowest BCUT2D eigenvalue weighted by molar-refractivity contribution is 0.101. The van der Waals surface area contributed by atoms with Crippen molar-refractivity contribution in [3.63, 3.8) is 0 Å². The molecule has 0 bridgehead atoms. The van der Waals surface area contributed by atoms with Crippen LogP contribution in [0.1, 0.15) is 20.7 Å². The van der Waals surface area contributed by atoms with Crippen molar-refractivity contribution < 1.29 is 19.5 Å². The molecule has 0 atom stereocenters. The van der Waals surface area contributed by atoms with E-state index in [0.29, 0.717) is 11.1 Å². The standard InChI is InChI=1S/C20H15NO4/c1-25-17-12-11-16(14-9-5-6-10-15(14)17)20(23)18(21-24)19(22)13-7-3-2-4-8-13/h2-12,24H,1H3/b21-18+. The maximum atomic E-state index is 12.9. The lowest BCUT2D eigenvalue weighted by Crippen LogP contribution is -2.25. The summed E-state index contributed by atoms with van der Waals surface area (Å²) in [6.45, 7) is 0. The second-order valence-corrected chi connectivity index (χ2v) is 5.33. The molecular formula is C20H15NO4. The third-order valence-electron chi connectivity index (χ3n) is 3.91. The van der Waals surface area contributed by atoms with Gasteiger partial charge in [-0.3, -0.25) is 9.59 Å². The second kappa shape index (κ2) is 6.97. The number of hydrogen-bond acceptors (Lipinski definition) is 5. The molecule has 0 aliphatic carbocycles. The van der Waals surface area contributed by atoms with Gasteiger partial charge in [0.15, 0.2) is 5.71 Å². The largest absolute Gasteiger partial charge is 0.496 e. The van der Waals surface area contributed by atoms with Gasteiger partial charge >= 0.3 is 0 Å². The monoisotopic (exact) mass is 333 g/mol. The van der Waals surface area contributed by atoms with Gasteiger partial charge < -0.3 is 9.94 Å². The van der Waals surface area contributed by atoms with Crippen LogP contribution in [-0.4, -0.2) is 29.6 Å². The zero-order chi connectivity index (χ0) is 17.8. The zero-order valence-corrected chi connectivity index (χ0v) is 13.5. The fourth-order valence-corrected chi connectivity index (χ4v) is 2.70. The molecular weight excluding hydrogens is 318 g/mol. The molecule has 0 unspecified atom stereocenters. The van der Waals surface area contributed by atoms with E-state index in [4.69, 9.17) is 4.74 Å². The SMILES string of the molecule is COc1ccc(C(=O)/C(=N/O)C(=O)c2ccccc2)c2ccccc12. The highest BCUT2D eigenvalue weighted by molar-refractivity contribution is 6.72. The molecule has 0 radical (unpaired) electrons. The molecule has 124 valence electrons. The Morgan fingerprint density at radius 2 is 1.48 bits per heavy atom. The van der Waals surface area contributed by atoms with E-state index in [2.05, 4.69) is 5.16 Å².